The van der Waals surface area contributed by atoms with Crippen molar-refractivity contribution in [1.29, 1.82) is 0 Å². The highest BCUT2D eigenvalue weighted by Crippen LogP contribution is 2.45. The maximum absolute atomic E-state index is 6.17. The quantitative estimate of drug-likeness (QED) is 0.923. The Bertz CT molecular complexity index is 409. The molecule has 1 aromatic rings. The fourth-order valence-corrected chi connectivity index (χ4v) is 3.97. The van der Waals surface area contributed by atoms with Crippen LogP contribution in [-0.4, -0.2) is 20.6 Å². The van der Waals surface area contributed by atoms with Crippen LogP contribution in [0.4, 0.5) is 5.69 Å². The van der Waals surface area contributed by atoms with Gasteiger partial charge in [-0.05, 0) is 30.5 Å². The van der Waals surface area contributed by atoms with Gasteiger partial charge in [0, 0.05) is 36.2 Å². The third-order valence-electron chi connectivity index (χ3n) is 4.21. The number of nitrogens with zero attached hydrogens (tertiary/aromatic N) is 1. The molecule has 0 unspecified atom stereocenters. The molecular formula is C15H23BrN2. The Morgan fingerprint density at radius 2 is 1.89 bits per heavy atom. The van der Waals surface area contributed by atoms with Crippen LogP contribution in [0.5, 0.6) is 0 Å². The van der Waals surface area contributed by atoms with Gasteiger partial charge < -0.3 is 10.6 Å². The van der Waals surface area contributed by atoms with E-state index in [1.54, 1.807) is 0 Å². The third-order valence-corrected chi connectivity index (χ3v) is 4.87. The second-order valence-electron chi connectivity index (χ2n) is 5.57. The Balaban J connectivity index is 2.53. The Morgan fingerprint density at radius 3 is 2.44 bits per heavy atom. The molecule has 1 aliphatic rings. The summed E-state index contributed by atoms with van der Waals surface area (Å²) in [5.74, 6) is 0. The van der Waals surface area contributed by atoms with E-state index in [4.69, 9.17) is 5.73 Å². The van der Waals surface area contributed by atoms with Crippen molar-refractivity contribution in [3.63, 3.8) is 0 Å². The summed E-state index contributed by atoms with van der Waals surface area (Å²) < 4.78 is 1.21. The van der Waals surface area contributed by atoms with Crippen LogP contribution >= 0.6 is 15.9 Å². The van der Waals surface area contributed by atoms with Crippen molar-refractivity contribution in [1.82, 2.24) is 0 Å². The van der Waals surface area contributed by atoms with Gasteiger partial charge in [0.1, 0.15) is 0 Å². The molecule has 0 aromatic heterocycles. The molecule has 18 heavy (non-hydrogen) atoms. The van der Waals surface area contributed by atoms with Gasteiger partial charge in [0.05, 0.1) is 0 Å². The number of halogens is 1. The molecule has 1 saturated carbocycles. The molecule has 0 amide bonds. The lowest BCUT2D eigenvalue weighted by Gasteiger charge is -2.39. The molecule has 2 rings (SSSR count). The van der Waals surface area contributed by atoms with E-state index in [2.05, 4.69) is 53.1 Å². The highest BCUT2D eigenvalue weighted by atomic mass is 79.9. The minimum Gasteiger partial charge on any atom is -0.377 e. The fraction of sp³-hybridized carbons (Fsp3) is 0.600. The highest BCUT2D eigenvalue weighted by molar-refractivity contribution is 9.10. The Kier molecular flexibility index (Phi) is 4.33. The van der Waals surface area contributed by atoms with Gasteiger partial charge in [-0.15, -0.1) is 0 Å². The molecule has 100 valence electrons. The van der Waals surface area contributed by atoms with Crippen LogP contribution in [0.1, 0.15) is 37.7 Å². The number of rotatable bonds is 3. The van der Waals surface area contributed by atoms with E-state index in [1.807, 2.05) is 0 Å². The van der Waals surface area contributed by atoms with Crippen LogP contribution in [0.25, 0.3) is 0 Å². The molecule has 3 heteroatoms. The Morgan fingerprint density at radius 1 is 1.22 bits per heavy atom. The number of nitrogens with two attached hydrogens (primary N) is 1. The molecular weight excluding hydrogens is 288 g/mol. The lowest BCUT2D eigenvalue weighted by atomic mass is 9.69. The van der Waals surface area contributed by atoms with Crippen molar-refractivity contribution in [3.05, 3.63) is 28.2 Å². The van der Waals surface area contributed by atoms with Crippen molar-refractivity contribution >= 4 is 21.6 Å². The molecule has 0 saturated heterocycles. The summed E-state index contributed by atoms with van der Waals surface area (Å²) in [6.45, 7) is 0.746. The summed E-state index contributed by atoms with van der Waals surface area (Å²) >= 11 is 3.74. The van der Waals surface area contributed by atoms with Gasteiger partial charge in [-0.2, -0.15) is 0 Å². The first-order chi connectivity index (χ1) is 8.60. The first-order valence-electron chi connectivity index (χ1n) is 6.77. The zero-order chi connectivity index (χ0) is 13.2. The summed E-state index contributed by atoms with van der Waals surface area (Å²) in [6.07, 6.45) is 6.38. The van der Waals surface area contributed by atoms with Gasteiger partial charge in [0.2, 0.25) is 0 Å². The largest absolute Gasteiger partial charge is 0.377 e. The minimum absolute atomic E-state index is 0.165. The second-order valence-corrected chi connectivity index (χ2v) is 6.43. The molecule has 0 aliphatic heterocycles. The zero-order valence-electron chi connectivity index (χ0n) is 11.4. The molecule has 0 atom stereocenters. The van der Waals surface area contributed by atoms with Gasteiger partial charge in [-0.3, -0.25) is 0 Å². The van der Waals surface area contributed by atoms with E-state index in [-0.39, 0.29) is 5.41 Å². The normalized spacial score (nSPS) is 18.7. The number of benzene rings is 1. The first kappa shape index (κ1) is 13.9. The second kappa shape index (κ2) is 5.62. The summed E-state index contributed by atoms with van der Waals surface area (Å²) in [7, 11) is 4.22. The van der Waals surface area contributed by atoms with Gasteiger partial charge in [0.15, 0.2) is 0 Å². The maximum atomic E-state index is 6.17. The lowest BCUT2D eigenvalue weighted by Crippen LogP contribution is -2.38. The van der Waals surface area contributed by atoms with Gasteiger partial charge in [-0.25, -0.2) is 0 Å². The predicted octanol–water partition coefficient (Wildman–Crippen LogP) is 3.68. The van der Waals surface area contributed by atoms with E-state index in [0.717, 1.165) is 6.54 Å². The van der Waals surface area contributed by atoms with Crippen molar-refractivity contribution in [2.45, 2.75) is 37.5 Å². The predicted molar refractivity (Wildman–Crippen MR) is 82.3 cm³/mol. The van der Waals surface area contributed by atoms with Crippen molar-refractivity contribution < 1.29 is 0 Å². The van der Waals surface area contributed by atoms with Gasteiger partial charge >= 0.3 is 0 Å². The third kappa shape index (κ3) is 2.43. The first-order valence-corrected chi connectivity index (χ1v) is 7.56. The average molecular weight is 311 g/mol. The Labute approximate surface area is 119 Å². The van der Waals surface area contributed by atoms with E-state index in [1.165, 1.54) is 47.8 Å². The highest BCUT2D eigenvalue weighted by Gasteiger charge is 2.36. The molecule has 0 spiro atoms. The molecule has 1 aliphatic carbocycles. The topological polar surface area (TPSA) is 29.3 Å². The maximum Gasteiger partial charge on any atom is 0.0411 e. The van der Waals surface area contributed by atoms with Crippen LogP contribution in [-0.2, 0) is 5.41 Å². The van der Waals surface area contributed by atoms with E-state index < -0.39 is 0 Å². The molecule has 2 nitrogen and oxygen atoms in total. The molecule has 1 aromatic carbocycles. The summed E-state index contributed by atoms with van der Waals surface area (Å²) in [5.41, 5.74) is 9.05. The summed E-state index contributed by atoms with van der Waals surface area (Å²) in [4.78, 5) is 2.20. The van der Waals surface area contributed by atoms with Gasteiger partial charge in [0.25, 0.3) is 0 Å². The molecule has 0 bridgehead atoms. The van der Waals surface area contributed by atoms with E-state index >= 15 is 0 Å². The van der Waals surface area contributed by atoms with Crippen LogP contribution in [0.2, 0.25) is 0 Å². The molecule has 1 fully saturated rings. The molecule has 0 heterocycles. The smallest absolute Gasteiger partial charge is 0.0411 e. The molecule has 2 N–H and O–H groups in total. The summed E-state index contributed by atoms with van der Waals surface area (Å²) in [5, 5.41) is 0. The number of hydrogen-bond acceptors (Lipinski definition) is 2. The van der Waals surface area contributed by atoms with Crippen molar-refractivity contribution in [3.8, 4) is 0 Å². The van der Waals surface area contributed by atoms with Crippen LogP contribution < -0.4 is 10.6 Å². The summed E-state index contributed by atoms with van der Waals surface area (Å²) in [6, 6.07) is 6.45. The van der Waals surface area contributed by atoms with Crippen molar-refractivity contribution in [2.24, 2.45) is 5.73 Å². The van der Waals surface area contributed by atoms with E-state index in [9.17, 15) is 0 Å². The minimum atomic E-state index is 0.165. The molecule has 0 radical (unpaired) electrons. The fourth-order valence-electron chi connectivity index (χ4n) is 3.20. The van der Waals surface area contributed by atoms with Crippen molar-refractivity contribution in [2.75, 3.05) is 25.5 Å². The average Bonchev–Trinajstić information content (AvgIpc) is 2.39. The van der Waals surface area contributed by atoms with Gasteiger partial charge in [-0.1, -0.05) is 41.3 Å². The van der Waals surface area contributed by atoms with E-state index in [0.29, 0.717) is 0 Å². The zero-order valence-corrected chi connectivity index (χ0v) is 13.0. The number of anilines is 1. The lowest BCUT2D eigenvalue weighted by molar-refractivity contribution is 0.300. The van der Waals surface area contributed by atoms with Crippen LogP contribution in [0.15, 0.2) is 22.7 Å². The van der Waals surface area contributed by atoms with Crippen LogP contribution in [0, 0.1) is 0 Å². The van der Waals surface area contributed by atoms with Crippen LogP contribution in [0.3, 0.4) is 0 Å². The number of hydrogen-bond donors (Lipinski definition) is 1. The SMILES string of the molecule is CN(C)c1cccc(Br)c1C1(CN)CCCCC1. The monoisotopic (exact) mass is 310 g/mol. The Hall–Kier alpha value is -0.540. The standard InChI is InChI=1S/C15H23BrN2/c1-18(2)13-8-6-7-12(16)14(13)15(11-17)9-4-3-5-10-15/h6-8H,3-5,9-11,17H2,1-2H3.